The Balaban J connectivity index is 1.48. The fraction of sp³-hybridized carbons (Fsp3) is 0.412. The maximum absolute atomic E-state index is 12.6. The second-order valence-corrected chi connectivity index (χ2v) is 7.60. The number of nitrogens with zero attached hydrogens (tertiary/aromatic N) is 5. The second-order valence-electron chi connectivity index (χ2n) is 6.49. The molecule has 9 heteroatoms. The van der Waals surface area contributed by atoms with E-state index in [0.717, 1.165) is 40.5 Å². The minimum Gasteiger partial charge on any atom is -0.377 e. The summed E-state index contributed by atoms with van der Waals surface area (Å²) < 4.78 is 9.03. The van der Waals surface area contributed by atoms with E-state index in [9.17, 15) is 4.79 Å². The van der Waals surface area contributed by atoms with Crippen molar-refractivity contribution in [3.05, 3.63) is 52.3 Å². The van der Waals surface area contributed by atoms with E-state index in [4.69, 9.17) is 4.74 Å². The molecule has 0 saturated carbocycles. The van der Waals surface area contributed by atoms with Gasteiger partial charge in [0.15, 0.2) is 5.82 Å². The van der Waals surface area contributed by atoms with Crippen molar-refractivity contribution < 1.29 is 4.74 Å². The van der Waals surface area contributed by atoms with Gasteiger partial charge in [-0.05, 0) is 17.4 Å². The summed E-state index contributed by atoms with van der Waals surface area (Å²) in [6.45, 7) is 0.961. The number of thioether (sulfide) groups is 1. The third-order valence-corrected chi connectivity index (χ3v) is 5.88. The summed E-state index contributed by atoms with van der Waals surface area (Å²) in [4.78, 5) is 17.1. The van der Waals surface area contributed by atoms with Gasteiger partial charge in [0.25, 0.3) is 5.56 Å². The van der Waals surface area contributed by atoms with Crippen molar-refractivity contribution in [3.63, 3.8) is 0 Å². The lowest BCUT2D eigenvalue weighted by molar-refractivity contribution is 0.182. The molecule has 1 fully saturated rings. The third-order valence-electron chi connectivity index (χ3n) is 4.87. The lowest BCUT2D eigenvalue weighted by Gasteiger charge is -2.23. The fourth-order valence-electron chi connectivity index (χ4n) is 3.53. The van der Waals surface area contributed by atoms with E-state index in [1.807, 2.05) is 17.8 Å². The first kappa shape index (κ1) is 15.8. The maximum Gasteiger partial charge on any atom is 0.267 e. The van der Waals surface area contributed by atoms with Crippen LogP contribution in [-0.4, -0.2) is 49.4 Å². The average Bonchev–Trinajstić information content (AvgIpc) is 3.31. The lowest BCUT2D eigenvalue weighted by Crippen LogP contribution is -2.38. The Morgan fingerprint density at radius 3 is 3.23 bits per heavy atom. The summed E-state index contributed by atoms with van der Waals surface area (Å²) in [5.41, 5.74) is 2.92. The van der Waals surface area contributed by atoms with Crippen molar-refractivity contribution >= 4 is 23.1 Å². The van der Waals surface area contributed by atoms with Gasteiger partial charge in [-0.2, -0.15) is 22.0 Å². The molecule has 134 valence electrons. The minimum absolute atomic E-state index is 0.0657. The highest BCUT2D eigenvalue weighted by Crippen LogP contribution is 2.25. The molecule has 0 spiro atoms. The quantitative estimate of drug-likeness (QED) is 0.739. The molecule has 3 aromatic heterocycles. The van der Waals surface area contributed by atoms with Crippen molar-refractivity contribution in [2.45, 2.75) is 24.3 Å². The normalized spacial score (nSPS) is 22.5. The molecule has 26 heavy (non-hydrogen) atoms. The number of aryl methyl sites for hydroxylation is 1. The van der Waals surface area contributed by atoms with Crippen LogP contribution in [0.1, 0.15) is 17.3 Å². The molecule has 0 bridgehead atoms. The zero-order valence-electron chi connectivity index (χ0n) is 14.0. The molecule has 0 amide bonds. The minimum atomic E-state index is -0.160. The number of anilines is 1. The van der Waals surface area contributed by atoms with E-state index in [0.29, 0.717) is 13.2 Å². The molecule has 1 N–H and O–H groups in total. The van der Waals surface area contributed by atoms with Crippen LogP contribution in [0.5, 0.6) is 0 Å². The van der Waals surface area contributed by atoms with Gasteiger partial charge in [0.1, 0.15) is 11.6 Å². The third kappa shape index (κ3) is 2.67. The van der Waals surface area contributed by atoms with E-state index in [1.54, 1.807) is 33.9 Å². The number of aromatic nitrogens is 5. The standard InChI is InChI=1S/C17H18N6O2S/c24-16-7-11-10-26-6-2-12(11)21-23(16)15-9-25-8-13(15)20-17-14-1-3-19-22(14)5-4-18-17/h1,3-5,7,13,15H,2,6,8-10H2,(H,18,20). The first-order valence-corrected chi connectivity index (χ1v) is 9.77. The summed E-state index contributed by atoms with van der Waals surface area (Å²) in [6.07, 6.45) is 6.14. The molecular weight excluding hydrogens is 352 g/mol. The van der Waals surface area contributed by atoms with Gasteiger partial charge in [0.2, 0.25) is 0 Å². The van der Waals surface area contributed by atoms with E-state index >= 15 is 0 Å². The van der Waals surface area contributed by atoms with Crippen molar-refractivity contribution in [2.75, 3.05) is 24.3 Å². The van der Waals surface area contributed by atoms with Crippen LogP contribution >= 0.6 is 11.8 Å². The van der Waals surface area contributed by atoms with E-state index < -0.39 is 0 Å². The molecule has 5 rings (SSSR count). The van der Waals surface area contributed by atoms with Crippen LogP contribution in [0.3, 0.4) is 0 Å². The predicted octanol–water partition coefficient (Wildman–Crippen LogP) is 1.13. The molecule has 0 aromatic carbocycles. The molecule has 5 heterocycles. The van der Waals surface area contributed by atoms with Gasteiger partial charge in [-0.1, -0.05) is 0 Å². The van der Waals surface area contributed by atoms with Crippen molar-refractivity contribution in [2.24, 2.45) is 0 Å². The predicted molar refractivity (Wildman–Crippen MR) is 98.6 cm³/mol. The number of fused-ring (bicyclic) bond motifs is 2. The summed E-state index contributed by atoms with van der Waals surface area (Å²) in [5.74, 6) is 2.65. The van der Waals surface area contributed by atoms with Crippen LogP contribution in [0.2, 0.25) is 0 Å². The number of nitrogens with one attached hydrogen (secondary N) is 1. The van der Waals surface area contributed by atoms with Gasteiger partial charge < -0.3 is 10.1 Å². The van der Waals surface area contributed by atoms with Gasteiger partial charge in [0.05, 0.1) is 31.1 Å². The Hall–Kier alpha value is -2.39. The Morgan fingerprint density at radius 1 is 1.31 bits per heavy atom. The first-order valence-electron chi connectivity index (χ1n) is 8.61. The Bertz CT molecular complexity index is 1020. The maximum atomic E-state index is 12.6. The molecule has 8 nitrogen and oxygen atoms in total. The van der Waals surface area contributed by atoms with Crippen LogP contribution in [0.4, 0.5) is 5.82 Å². The number of rotatable bonds is 3. The zero-order chi connectivity index (χ0) is 17.5. The van der Waals surface area contributed by atoms with Crippen molar-refractivity contribution in [1.29, 1.82) is 0 Å². The summed E-state index contributed by atoms with van der Waals surface area (Å²) in [7, 11) is 0. The molecule has 2 atom stereocenters. The summed E-state index contributed by atoms with van der Waals surface area (Å²) >= 11 is 1.85. The molecule has 0 radical (unpaired) electrons. The SMILES string of the molecule is O=c1cc2c(nn1C1COCC1Nc1nccn3nccc13)CCSC2. The highest BCUT2D eigenvalue weighted by atomic mass is 32.2. The number of ether oxygens (including phenoxy) is 1. The largest absolute Gasteiger partial charge is 0.377 e. The molecule has 1 saturated heterocycles. The fourth-order valence-corrected chi connectivity index (χ4v) is 4.48. The zero-order valence-corrected chi connectivity index (χ0v) is 14.9. The van der Waals surface area contributed by atoms with Crippen LogP contribution in [0.15, 0.2) is 35.5 Å². The highest BCUT2D eigenvalue weighted by Gasteiger charge is 2.32. The van der Waals surface area contributed by atoms with Crippen LogP contribution in [0.25, 0.3) is 5.52 Å². The highest BCUT2D eigenvalue weighted by molar-refractivity contribution is 7.98. The summed E-state index contributed by atoms with van der Waals surface area (Å²) in [6, 6.07) is 3.40. The van der Waals surface area contributed by atoms with Crippen molar-refractivity contribution in [1.82, 2.24) is 24.4 Å². The van der Waals surface area contributed by atoms with Gasteiger partial charge in [-0.3, -0.25) is 4.79 Å². The van der Waals surface area contributed by atoms with Gasteiger partial charge >= 0.3 is 0 Å². The monoisotopic (exact) mass is 370 g/mol. The van der Waals surface area contributed by atoms with Crippen LogP contribution in [-0.2, 0) is 16.9 Å². The van der Waals surface area contributed by atoms with E-state index in [2.05, 4.69) is 20.5 Å². The van der Waals surface area contributed by atoms with Crippen LogP contribution in [0, 0.1) is 0 Å². The smallest absolute Gasteiger partial charge is 0.267 e. The van der Waals surface area contributed by atoms with Crippen LogP contribution < -0.4 is 10.9 Å². The van der Waals surface area contributed by atoms with Crippen molar-refractivity contribution in [3.8, 4) is 0 Å². The van der Waals surface area contributed by atoms with E-state index in [-0.39, 0.29) is 17.6 Å². The Morgan fingerprint density at radius 2 is 2.27 bits per heavy atom. The molecular formula is C17H18N6O2S. The molecule has 2 unspecified atom stereocenters. The topological polar surface area (TPSA) is 86.3 Å². The van der Waals surface area contributed by atoms with Gasteiger partial charge in [-0.25, -0.2) is 14.2 Å². The van der Waals surface area contributed by atoms with Gasteiger partial charge in [-0.15, -0.1) is 0 Å². The average molecular weight is 370 g/mol. The Labute approximate surface area is 153 Å². The molecule has 0 aliphatic carbocycles. The molecule has 3 aromatic rings. The first-order chi connectivity index (χ1) is 12.8. The van der Waals surface area contributed by atoms with E-state index in [1.165, 1.54) is 0 Å². The van der Waals surface area contributed by atoms with Gasteiger partial charge in [0, 0.05) is 30.6 Å². The molecule has 2 aliphatic rings. The molecule has 2 aliphatic heterocycles. The number of hydrogen-bond donors (Lipinski definition) is 1. The second kappa shape index (κ2) is 6.40. The number of hydrogen-bond acceptors (Lipinski definition) is 7. The Kier molecular flexibility index (Phi) is 3.90. The summed E-state index contributed by atoms with van der Waals surface area (Å²) in [5, 5.41) is 12.3. The lowest BCUT2D eigenvalue weighted by atomic mass is 10.1.